The summed E-state index contributed by atoms with van der Waals surface area (Å²) in [6.45, 7) is 2.56. The van der Waals surface area contributed by atoms with Crippen LogP contribution in [0.1, 0.15) is 24.1 Å². The highest BCUT2D eigenvalue weighted by Gasteiger charge is 2.11. The Bertz CT molecular complexity index is 712. The second-order valence-corrected chi connectivity index (χ2v) is 6.45. The van der Waals surface area contributed by atoms with Gasteiger partial charge in [-0.3, -0.25) is 0 Å². The summed E-state index contributed by atoms with van der Waals surface area (Å²) < 4.78 is 22.7. The standard InChI is InChI=1S/C15H18N2O3S/c1-11(17-10-12-5-7-14(18)8-6-12)13-3-2-4-15(9-13)21(16,19)20/h2-9,11,17-18H,10H2,1H3,(H2,16,19,20). The molecule has 1 atom stereocenters. The lowest BCUT2D eigenvalue weighted by atomic mass is 10.1. The van der Waals surface area contributed by atoms with Crippen molar-refractivity contribution in [2.45, 2.75) is 24.4 Å². The quantitative estimate of drug-likeness (QED) is 0.786. The number of hydrogen-bond acceptors (Lipinski definition) is 4. The van der Waals surface area contributed by atoms with Gasteiger partial charge in [-0.05, 0) is 42.3 Å². The predicted octanol–water partition coefficient (Wildman–Crippen LogP) is 1.89. The zero-order chi connectivity index (χ0) is 15.5. The zero-order valence-corrected chi connectivity index (χ0v) is 12.5. The summed E-state index contributed by atoms with van der Waals surface area (Å²) in [4.78, 5) is 0.110. The molecular weight excluding hydrogens is 288 g/mol. The maximum atomic E-state index is 11.4. The van der Waals surface area contributed by atoms with Crippen molar-refractivity contribution in [2.24, 2.45) is 5.14 Å². The smallest absolute Gasteiger partial charge is 0.238 e. The third-order valence-corrected chi connectivity index (χ3v) is 4.15. The van der Waals surface area contributed by atoms with Crippen molar-refractivity contribution in [3.8, 4) is 5.75 Å². The number of phenolic OH excluding ortho intramolecular Hbond substituents is 1. The van der Waals surface area contributed by atoms with Crippen LogP contribution in [-0.4, -0.2) is 13.5 Å². The van der Waals surface area contributed by atoms with Crippen LogP contribution >= 0.6 is 0 Å². The van der Waals surface area contributed by atoms with E-state index in [1.165, 1.54) is 6.07 Å². The van der Waals surface area contributed by atoms with E-state index in [1.807, 2.05) is 25.1 Å². The van der Waals surface area contributed by atoms with Crippen LogP contribution in [0.5, 0.6) is 5.75 Å². The molecule has 21 heavy (non-hydrogen) atoms. The minimum atomic E-state index is -3.69. The van der Waals surface area contributed by atoms with Gasteiger partial charge >= 0.3 is 0 Å². The van der Waals surface area contributed by atoms with Crippen molar-refractivity contribution in [3.63, 3.8) is 0 Å². The lowest BCUT2D eigenvalue weighted by molar-refractivity contribution is 0.474. The van der Waals surface area contributed by atoms with Gasteiger partial charge in [-0.1, -0.05) is 24.3 Å². The van der Waals surface area contributed by atoms with Gasteiger partial charge in [0.1, 0.15) is 5.75 Å². The van der Waals surface area contributed by atoms with Crippen LogP contribution in [0, 0.1) is 0 Å². The Balaban J connectivity index is 2.06. The molecule has 0 saturated carbocycles. The summed E-state index contributed by atoms with van der Waals surface area (Å²) in [6.07, 6.45) is 0. The average molecular weight is 306 g/mol. The SMILES string of the molecule is CC(NCc1ccc(O)cc1)c1cccc(S(N)(=O)=O)c1. The highest BCUT2D eigenvalue weighted by Crippen LogP contribution is 2.17. The van der Waals surface area contributed by atoms with E-state index in [4.69, 9.17) is 5.14 Å². The van der Waals surface area contributed by atoms with E-state index in [2.05, 4.69) is 5.32 Å². The number of aromatic hydroxyl groups is 1. The number of benzene rings is 2. The fraction of sp³-hybridized carbons (Fsp3) is 0.200. The number of nitrogens with two attached hydrogens (primary N) is 1. The lowest BCUT2D eigenvalue weighted by Gasteiger charge is -2.15. The Morgan fingerprint density at radius 3 is 2.48 bits per heavy atom. The monoisotopic (exact) mass is 306 g/mol. The number of phenols is 1. The predicted molar refractivity (Wildman–Crippen MR) is 81.2 cm³/mol. The normalized spacial score (nSPS) is 13.0. The summed E-state index contributed by atoms with van der Waals surface area (Å²) in [5.74, 6) is 0.229. The molecule has 0 radical (unpaired) electrons. The van der Waals surface area contributed by atoms with Gasteiger partial charge < -0.3 is 10.4 Å². The van der Waals surface area contributed by atoms with Crippen molar-refractivity contribution in [1.29, 1.82) is 0 Å². The summed E-state index contributed by atoms with van der Waals surface area (Å²) in [7, 11) is -3.69. The Morgan fingerprint density at radius 1 is 1.19 bits per heavy atom. The van der Waals surface area contributed by atoms with E-state index in [9.17, 15) is 13.5 Å². The van der Waals surface area contributed by atoms with E-state index in [0.29, 0.717) is 6.54 Å². The first-order valence-corrected chi connectivity index (χ1v) is 8.05. The molecule has 6 heteroatoms. The molecule has 0 fully saturated rings. The highest BCUT2D eigenvalue weighted by atomic mass is 32.2. The Hall–Kier alpha value is -1.89. The van der Waals surface area contributed by atoms with Crippen LogP contribution in [0.3, 0.4) is 0 Å². The van der Waals surface area contributed by atoms with Crippen LogP contribution in [0.25, 0.3) is 0 Å². The molecule has 2 rings (SSSR count). The van der Waals surface area contributed by atoms with Crippen molar-refractivity contribution in [3.05, 3.63) is 59.7 Å². The molecular formula is C15H18N2O3S. The van der Waals surface area contributed by atoms with Crippen LogP contribution in [0.2, 0.25) is 0 Å². The zero-order valence-electron chi connectivity index (χ0n) is 11.7. The minimum Gasteiger partial charge on any atom is -0.508 e. The molecule has 112 valence electrons. The number of rotatable bonds is 5. The molecule has 4 N–H and O–H groups in total. The molecule has 0 heterocycles. The van der Waals surface area contributed by atoms with E-state index in [-0.39, 0.29) is 16.7 Å². The molecule has 2 aromatic carbocycles. The summed E-state index contributed by atoms with van der Waals surface area (Å²) in [5.41, 5.74) is 1.88. The summed E-state index contributed by atoms with van der Waals surface area (Å²) in [5, 5.41) is 17.7. The molecule has 0 aliphatic rings. The first-order valence-electron chi connectivity index (χ1n) is 6.50. The largest absolute Gasteiger partial charge is 0.508 e. The molecule has 1 unspecified atom stereocenters. The van der Waals surface area contributed by atoms with E-state index in [1.54, 1.807) is 24.3 Å². The fourth-order valence-corrected chi connectivity index (χ4v) is 2.53. The van der Waals surface area contributed by atoms with E-state index >= 15 is 0 Å². The van der Waals surface area contributed by atoms with Gasteiger partial charge in [-0.2, -0.15) is 0 Å². The maximum Gasteiger partial charge on any atom is 0.238 e. The summed E-state index contributed by atoms with van der Waals surface area (Å²) in [6, 6.07) is 13.5. The number of hydrogen-bond donors (Lipinski definition) is 3. The maximum absolute atomic E-state index is 11.4. The van der Waals surface area contributed by atoms with Crippen molar-refractivity contribution >= 4 is 10.0 Å². The van der Waals surface area contributed by atoms with Gasteiger partial charge in [0.15, 0.2) is 0 Å². The van der Waals surface area contributed by atoms with Gasteiger partial charge in [0.2, 0.25) is 10.0 Å². The molecule has 2 aromatic rings. The second kappa shape index (κ2) is 6.26. The average Bonchev–Trinajstić information content (AvgIpc) is 2.45. The van der Waals surface area contributed by atoms with Crippen LogP contribution in [-0.2, 0) is 16.6 Å². The molecule has 0 amide bonds. The van der Waals surface area contributed by atoms with Crippen LogP contribution in [0.15, 0.2) is 53.4 Å². The van der Waals surface area contributed by atoms with Gasteiger partial charge in [0.25, 0.3) is 0 Å². The molecule has 0 aromatic heterocycles. The topological polar surface area (TPSA) is 92.4 Å². The van der Waals surface area contributed by atoms with Gasteiger partial charge in [-0.15, -0.1) is 0 Å². The third kappa shape index (κ3) is 4.29. The fourth-order valence-electron chi connectivity index (χ4n) is 1.96. The molecule has 0 spiro atoms. The van der Waals surface area contributed by atoms with Crippen molar-refractivity contribution in [1.82, 2.24) is 5.32 Å². The second-order valence-electron chi connectivity index (χ2n) is 4.89. The van der Waals surface area contributed by atoms with Gasteiger partial charge in [-0.25, -0.2) is 13.6 Å². The van der Waals surface area contributed by atoms with Gasteiger partial charge in [0, 0.05) is 12.6 Å². The third-order valence-electron chi connectivity index (χ3n) is 3.24. The van der Waals surface area contributed by atoms with E-state index < -0.39 is 10.0 Å². The number of sulfonamides is 1. The van der Waals surface area contributed by atoms with E-state index in [0.717, 1.165) is 11.1 Å². The highest BCUT2D eigenvalue weighted by molar-refractivity contribution is 7.89. The van der Waals surface area contributed by atoms with Crippen molar-refractivity contribution < 1.29 is 13.5 Å². The van der Waals surface area contributed by atoms with Gasteiger partial charge in [0.05, 0.1) is 4.90 Å². The minimum absolute atomic E-state index is 0.0273. The number of nitrogens with one attached hydrogen (secondary N) is 1. The molecule has 0 bridgehead atoms. The summed E-state index contributed by atoms with van der Waals surface area (Å²) >= 11 is 0. The molecule has 0 saturated heterocycles. The molecule has 5 nitrogen and oxygen atoms in total. The van der Waals surface area contributed by atoms with Crippen LogP contribution in [0.4, 0.5) is 0 Å². The van der Waals surface area contributed by atoms with Crippen molar-refractivity contribution in [2.75, 3.05) is 0 Å². The first kappa shape index (κ1) is 15.5. The molecule has 0 aliphatic carbocycles. The lowest BCUT2D eigenvalue weighted by Crippen LogP contribution is -2.19. The Morgan fingerprint density at radius 2 is 1.86 bits per heavy atom. The van der Waals surface area contributed by atoms with Crippen LogP contribution < -0.4 is 10.5 Å². The Kier molecular flexibility index (Phi) is 4.62. The first-order chi connectivity index (χ1) is 9.86. The Labute approximate surface area is 124 Å². The number of primary sulfonamides is 1. The molecule has 0 aliphatic heterocycles.